The quantitative estimate of drug-likeness (QED) is 0.521. The molecule has 2 saturated heterocycles. The number of amides is 2. The smallest absolute Gasteiger partial charge is 0.266 e. The Bertz CT molecular complexity index is 1170. The number of hydrogen-bond acceptors (Lipinski definition) is 5. The molecular weight excluding hydrogens is 484 g/mol. The van der Waals surface area contributed by atoms with Crippen LogP contribution in [-0.4, -0.2) is 23.0 Å². The van der Waals surface area contributed by atoms with Gasteiger partial charge in [0.15, 0.2) is 6.10 Å². The molecule has 5 rings (SSSR count). The Morgan fingerprint density at radius 3 is 2.32 bits per heavy atom. The summed E-state index contributed by atoms with van der Waals surface area (Å²) in [6.07, 6.45) is -1.01. The molecule has 0 saturated carbocycles. The minimum atomic E-state index is -1.01. The van der Waals surface area contributed by atoms with E-state index in [-0.39, 0.29) is 11.7 Å². The number of fused-ring (bicyclic) bond motifs is 1. The molecule has 3 aromatic rings. The molecule has 2 aliphatic heterocycles. The second-order valence-corrected chi connectivity index (χ2v) is 8.70. The summed E-state index contributed by atoms with van der Waals surface area (Å²) in [4.78, 5) is 33.9. The molecule has 2 fully saturated rings. The highest BCUT2D eigenvalue weighted by molar-refractivity contribution is 9.10. The van der Waals surface area contributed by atoms with Crippen molar-refractivity contribution in [1.82, 2.24) is 0 Å². The lowest BCUT2D eigenvalue weighted by Crippen LogP contribution is -2.37. The summed E-state index contributed by atoms with van der Waals surface area (Å²) < 4.78 is 0.739. The van der Waals surface area contributed by atoms with E-state index in [2.05, 4.69) is 15.9 Å². The number of benzene rings is 3. The van der Waals surface area contributed by atoms with Crippen LogP contribution in [0.4, 0.5) is 11.4 Å². The third kappa shape index (κ3) is 3.29. The number of carbonyl (C=O) groups excluding carboxylic acids is 2. The molecule has 156 valence electrons. The Balaban J connectivity index is 1.62. The number of imide groups is 1. The molecule has 0 aliphatic carbocycles. The maximum atomic E-state index is 13.5. The van der Waals surface area contributed by atoms with Crippen molar-refractivity contribution >= 4 is 50.7 Å². The maximum Gasteiger partial charge on any atom is 0.266 e. The number of nitrogens with zero attached hydrogens (tertiary/aromatic N) is 2. The van der Waals surface area contributed by atoms with Crippen LogP contribution in [0.5, 0.6) is 5.75 Å². The van der Waals surface area contributed by atoms with Gasteiger partial charge in [-0.15, -0.1) is 0 Å². The standard InChI is InChI=1S/C23H16BrClN2O4/c24-13-6-11-18(28)17(12-13)20-19-21(31-27(20)16-4-2-1-3-5-16)23(30)26(22(19)29)15-9-7-14(25)8-10-15/h1-12,19-21,28H. The van der Waals surface area contributed by atoms with Gasteiger partial charge in [0.05, 0.1) is 17.4 Å². The topological polar surface area (TPSA) is 70.1 Å². The van der Waals surface area contributed by atoms with Gasteiger partial charge >= 0.3 is 0 Å². The van der Waals surface area contributed by atoms with Crippen molar-refractivity contribution < 1.29 is 19.5 Å². The summed E-state index contributed by atoms with van der Waals surface area (Å²) >= 11 is 9.39. The van der Waals surface area contributed by atoms with E-state index in [0.717, 1.165) is 9.37 Å². The third-order valence-electron chi connectivity index (χ3n) is 5.52. The average molecular weight is 500 g/mol. The molecule has 3 unspecified atom stereocenters. The minimum absolute atomic E-state index is 0.0172. The summed E-state index contributed by atoms with van der Waals surface area (Å²) in [5, 5.41) is 12.7. The van der Waals surface area contributed by atoms with Crippen LogP contribution in [0.1, 0.15) is 11.6 Å². The van der Waals surface area contributed by atoms with Gasteiger partial charge in [0.1, 0.15) is 11.7 Å². The molecule has 6 nitrogen and oxygen atoms in total. The van der Waals surface area contributed by atoms with Crippen molar-refractivity contribution in [2.45, 2.75) is 12.1 Å². The Kier molecular flexibility index (Phi) is 4.97. The largest absolute Gasteiger partial charge is 0.508 e. The zero-order chi connectivity index (χ0) is 21.7. The highest BCUT2D eigenvalue weighted by Crippen LogP contribution is 2.49. The van der Waals surface area contributed by atoms with E-state index in [1.807, 2.05) is 30.3 Å². The SMILES string of the molecule is O=C1C2ON(c3ccccc3)C(c3cc(Br)ccc3O)C2C(=O)N1c1ccc(Cl)cc1. The molecule has 0 bridgehead atoms. The number of hydroxylamine groups is 1. The molecule has 0 spiro atoms. The number of phenols is 1. The molecule has 2 heterocycles. The fourth-order valence-electron chi connectivity index (χ4n) is 4.14. The Labute approximate surface area is 191 Å². The van der Waals surface area contributed by atoms with E-state index in [1.165, 1.54) is 0 Å². The normalized spacial score (nSPS) is 22.8. The lowest BCUT2D eigenvalue weighted by atomic mass is 9.90. The summed E-state index contributed by atoms with van der Waals surface area (Å²) in [5.74, 6) is -1.65. The predicted molar refractivity (Wildman–Crippen MR) is 120 cm³/mol. The Hall–Kier alpha value is -2.87. The molecule has 3 aromatic carbocycles. The van der Waals surface area contributed by atoms with E-state index >= 15 is 0 Å². The molecule has 1 N–H and O–H groups in total. The van der Waals surface area contributed by atoms with E-state index in [4.69, 9.17) is 16.4 Å². The van der Waals surface area contributed by atoms with Gasteiger partial charge in [-0.25, -0.2) is 9.96 Å². The third-order valence-corrected chi connectivity index (χ3v) is 6.26. The Morgan fingerprint density at radius 2 is 1.61 bits per heavy atom. The first-order valence-corrected chi connectivity index (χ1v) is 10.8. The van der Waals surface area contributed by atoms with Gasteiger partial charge in [-0.1, -0.05) is 45.7 Å². The zero-order valence-electron chi connectivity index (χ0n) is 16.0. The summed E-state index contributed by atoms with van der Waals surface area (Å²) in [5.41, 5.74) is 1.60. The number of anilines is 2. The zero-order valence-corrected chi connectivity index (χ0v) is 18.3. The fraction of sp³-hybridized carbons (Fsp3) is 0.130. The van der Waals surface area contributed by atoms with Gasteiger partial charge < -0.3 is 5.11 Å². The average Bonchev–Trinajstić information content (AvgIpc) is 3.28. The predicted octanol–water partition coefficient (Wildman–Crippen LogP) is 4.86. The molecule has 3 atom stereocenters. The van der Waals surface area contributed by atoms with Crippen molar-refractivity contribution in [1.29, 1.82) is 0 Å². The summed E-state index contributed by atoms with van der Waals surface area (Å²) in [6.45, 7) is 0. The van der Waals surface area contributed by atoms with Gasteiger partial charge in [-0.2, -0.15) is 0 Å². The van der Waals surface area contributed by atoms with Gasteiger partial charge in [0, 0.05) is 15.1 Å². The number of hydrogen-bond donors (Lipinski definition) is 1. The summed E-state index contributed by atoms with van der Waals surface area (Å²) in [6, 6.07) is 20.0. The van der Waals surface area contributed by atoms with Gasteiger partial charge in [0.25, 0.3) is 5.91 Å². The summed E-state index contributed by atoms with van der Waals surface area (Å²) in [7, 11) is 0. The van der Waals surface area contributed by atoms with Gasteiger partial charge in [-0.3, -0.25) is 14.4 Å². The minimum Gasteiger partial charge on any atom is -0.508 e. The highest BCUT2D eigenvalue weighted by atomic mass is 79.9. The first kappa shape index (κ1) is 20.1. The van der Waals surface area contributed by atoms with Crippen molar-refractivity contribution in [3.8, 4) is 5.75 Å². The van der Waals surface area contributed by atoms with Crippen LogP contribution >= 0.6 is 27.5 Å². The van der Waals surface area contributed by atoms with Crippen molar-refractivity contribution in [3.63, 3.8) is 0 Å². The molecule has 31 heavy (non-hydrogen) atoms. The van der Waals surface area contributed by atoms with Crippen LogP contribution in [-0.2, 0) is 14.4 Å². The molecule has 2 aliphatic rings. The van der Waals surface area contributed by atoms with Crippen LogP contribution in [0.25, 0.3) is 0 Å². The monoisotopic (exact) mass is 498 g/mol. The molecule has 2 amide bonds. The number of aromatic hydroxyl groups is 1. The molecule has 0 aromatic heterocycles. The number of rotatable bonds is 3. The van der Waals surface area contributed by atoms with E-state index in [1.54, 1.807) is 47.5 Å². The number of halogens is 2. The van der Waals surface area contributed by atoms with Crippen LogP contribution in [0, 0.1) is 5.92 Å². The lowest BCUT2D eigenvalue weighted by molar-refractivity contribution is -0.126. The fourth-order valence-corrected chi connectivity index (χ4v) is 4.64. The van der Waals surface area contributed by atoms with Crippen LogP contribution in [0.2, 0.25) is 5.02 Å². The lowest BCUT2D eigenvalue weighted by Gasteiger charge is -2.29. The van der Waals surface area contributed by atoms with E-state index < -0.39 is 24.0 Å². The first-order chi connectivity index (χ1) is 15.0. The number of phenolic OH excluding ortho intramolecular Hbond substituents is 1. The van der Waals surface area contributed by atoms with E-state index in [0.29, 0.717) is 22.0 Å². The first-order valence-electron chi connectivity index (χ1n) is 9.58. The van der Waals surface area contributed by atoms with Gasteiger partial charge in [0.2, 0.25) is 5.91 Å². The van der Waals surface area contributed by atoms with Crippen LogP contribution in [0.15, 0.2) is 77.3 Å². The maximum absolute atomic E-state index is 13.5. The number of carbonyl (C=O) groups is 2. The number of para-hydroxylation sites is 1. The molecule has 8 heteroatoms. The second-order valence-electron chi connectivity index (χ2n) is 7.35. The second kappa shape index (κ2) is 7.67. The van der Waals surface area contributed by atoms with Crippen molar-refractivity contribution in [3.05, 3.63) is 87.9 Å². The van der Waals surface area contributed by atoms with Crippen LogP contribution < -0.4 is 9.96 Å². The van der Waals surface area contributed by atoms with Gasteiger partial charge in [-0.05, 0) is 54.6 Å². The molecule has 0 radical (unpaired) electrons. The van der Waals surface area contributed by atoms with E-state index in [9.17, 15) is 14.7 Å². The van der Waals surface area contributed by atoms with Crippen molar-refractivity contribution in [2.75, 3.05) is 9.96 Å². The highest BCUT2D eigenvalue weighted by Gasteiger charge is 2.60. The van der Waals surface area contributed by atoms with Crippen molar-refractivity contribution in [2.24, 2.45) is 5.92 Å². The molecular formula is C23H16BrClN2O4. The Morgan fingerprint density at radius 1 is 0.903 bits per heavy atom. The van der Waals surface area contributed by atoms with Crippen LogP contribution in [0.3, 0.4) is 0 Å².